The molecule has 0 unspecified atom stereocenters. The van der Waals surface area contributed by atoms with Gasteiger partial charge in [-0.1, -0.05) is 0 Å². The Kier molecular flexibility index (Phi) is 3.92. The minimum atomic E-state index is -0.167. The summed E-state index contributed by atoms with van der Waals surface area (Å²) in [6.45, 7) is 1.77. The van der Waals surface area contributed by atoms with Gasteiger partial charge in [0.1, 0.15) is 11.0 Å². The third-order valence-electron chi connectivity index (χ3n) is 5.32. The molecule has 0 aliphatic heterocycles. The molecule has 11 nitrogen and oxygen atoms in total. The van der Waals surface area contributed by atoms with Crippen LogP contribution in [0.25, 0.3) is 50.7 Å². The number of nitrogens with one attached hydrogen (secondary N) is 2. The molecule has 6 aromatic heterocycles. The summed E-state index contributed by atoms with van der Waals surface area (Å²) in [7, 11) is 1.81. The Morgan fingerprint density at radius 1 is 1.09 bits per heavy atom. The van der Waals surface area contributed by atoms with E-state index in [1.54, 1.807) is 17.2 Å². The van der Waals surface area contributed by atoms with Crippen LogP contribution in [0.15, 0.2) is 43.1 Å². The highest BCUT2D eigenvalue weighted by Gasteiger charge is 2.18. The number of fused-ring (bicyclic) bond motifs is 2. The number of aromatic nitrogens is 10. The number of hydrogen-bond donors (Lipinski definition) is 3. The number of nitrogens with zero attached hydrogens (tertiary/aromatic N) is 8. The lowest BCUT2D eigenvalue weighted by Gasteiger charge is -2.02. The second-order valence-corrected chi connectivity index (χ2v) is 7.52. The number of rotatable bonds is 4. The van der Waals surface area contributed by atoms with Crippen molar-refractivity contribution in [3.05, 3.63) is 54.5 Å². The summed E-state index contributed by atoms with van der Waals surface area (Å²) >= 11 is 0. The maximum atomic E-state index is 9.65. The molecule has 158 valence electrons. The second-order valence-electron chi connectivity index (χ2n) is 7.52. The molecule has 3 N–H and O–H groups in total. The first kappa shape index (κ1) is 18.4. The standard InChI is InChI=1S/C21H18N10O/c1-11-7-31(10-23-11)16-5-6-22-20-18(16)25-21(26-20)19-17-14(27-28-19)4-3-13(24-17)12-8-30(2)29-15(12)9-32/h3-8,10,32H,9H2,1-2H3,(H,27,28)(H,22,25,26). The largest absolute Gasteiger partial charge is 0.390 e. The first-order valence-corrected chi connectivity index (χ1v) is 9.95. The molecule has 6 heterocycles. The summed E-state index contributed by atoms with van der Waals surface area (Å²) in [5.74, 6) is 0.557. The average Bonchev–Trinajstić information content (AvgIpc) is 3.57. The molecule has 0 spiro atoms. The van der Waals surface area contributed by atoms with Crippen molar-refractivity contribution in [3.63, 3.8) is 0 Å². The summed E-state index contributed by atoms with van der Waals surface area (Å²) in [5, 5.41) is 21.4. The summed E-state index contributed by atoms with van der Waals surface area (Å²) in [4.78, 5) is 21.5. The van der Waals surface area contributed by atoms with Gasteiger partial charge in [0.15, 0.2) is 17.2 Å². The quantitative estimate of drug-likeness (QED) is 0.393. The molecule has 32 heavy (non-hydrogen) atoms. The number of aromatic amines is 2. The number of imidazole rings is 2. The van der Waals surface area contributed by atoms with Crippen LogP contribution in [0.2, 0.25) is 0 Å². The summed E-state index contributed by atoms with van der Waals surface area (Å²) < 4.78 is 3.59. The van der Waals surface area contributed by atoms with Gasteiger partial charge in [-0.15, -0.1) is 0 Å². The van der Waals surface area contributed by atoms with Gasteiger partial charge in [-0.25, -0.2) is 19.9 Å². The number of hydrogen-bond acceptors (Lipinski definition) is 7. The minimum Gasteiger partial charge on any atom is -0.390 e. The monoisotopic (exact) mass is 426 g/mol. The van der Waals surface area contributed by atoms with E-state index < -0.39 is 0 Å². The van der Waals surface area contributed by atoms with E-state index in [0.717, 1.165) is 28.0 Å². The van der Waals surface area contributed by atoms with Gasteiger partial charge in [-0.3, -0.25) is 9.78 Å². The maximum Gasteiger partial charge on any atom is 0.180 e. The third kappa shape index (κ3) is 2.79. The molecule has 11 heteroatoms. The van der Waals surface area contributed by atoms with E-state index in [4.69, 9.17) is 4.98 Å². The molecule has 0 saturated carbocycles. The molecule has 6 rings (SSSR count). The Morgan fingerprint density at radius 3 is 2.81 bits per heavy atom. The number of aliphatic hydroxyl groups excluding tert-OH is 1. The highest BCUT2D eigenvalue weighted by molar-refractivity contribution is 5.92. The molecule has 0 saturated heterocycles. The van der Waals surface area contributed by atoms with Gasteiger partial charge in [0.2, 0.25) is 0 Å². The SMILES string of the molecule is Cc1cn(-c2ccnc3nc(-c4n[nH]c5ccc(-c6cn(C)nc6CO)nc45)[nH]c23)cn1. The molecular weight excluding hydrogens is 408 g/mol. The zero-order valence-electron chi connectivity index (χ0n) is 17.3. The van der Waals surface area contributed by atoms with Gasteiger partial charge >= 0.3 is 0 Å². The summed E-state index contributed by atoms with van der Waals surface area (Å²) in [5.41, 5.74) is 7.22. The Morgan fingerprint density at radius 2 is 2.00 bits per heavy atom. The van der Waals surface area contributed by atoms with E-state index in [9.17, 15) is 5.11 Å². The van der Waals surface area contributed by atoms with Crippen molar-refractivity contribution < 1.29 is 5.11 Å². The Labute approximate surface area is 180 Å². The lowest BCUT2D eigenvalue weighted by atomic mass is 10.1. The lowest BCUT2D eigenvalue weighted by Crippen LogP contribution is -1.92. The number of aliphatic hydroxyl groups is 1. The van der Waals surface area contributed by atoms with E-state index in [0.29, 0.717) is 34.1 Å². The smallest absolute Gasteiger partial charge is 0.180 e. The van der Waals surface area contributed by atoms with Crippen molar-refractivity contribution in [2.45, 2.75) is 13.5 Å². The van der Waals surface area contributed by atoms with Gasteiger partial charge < -0.3 is 14.7 Å². The zero-order valence-corrected chi connectivity index (χ0v) is 17.3. The highest BCUT2D eigenvalue weighted by atomic mass is 16.3. The van der Waals surface area contributed by atoms with Crippen LogP contribution in [-0.4, -0.2) is 54.6 Å². The van der Waals surface area contributed by atoms with Crippen molar-refractivity contribution in [2.75, 3.05) is 0 Å². The first-order valence-electron chi connectivity index (χ1n) is 9.95. The van der Waals surface area contributed by atoms with Crippen LogP contribution in [0.1, 0.15) is 11.4 Å². The molecule has 0 aliphatic carbocycles. The maximum absolute atomic E-state index is 9.65. The van der Waals surface area contributed by atoms with Crippen LogP contribution < -0.4 is 0 Å². The van der Waals surface area contributed by atoms with Crippen molar-refractivity contribution in [1.29, 1.82) is 0 Å². The van der Waals surface area contributed by atoms with Crippen LogP contribution in [0.4, 0.5) is 0 Å². The predicted molar refractivity (Wildman–Crippen MR) is 117 cm³/mol. The van der Waals surface area contributed by atoms with Crippen LogP contribution in [0, 0.1) is 6.92 Å². The van der Waals surface area contributed by atoms with Crippen molar-refractivity contribution >= 4 is 22.2 Å². The van der Waals surface area contributed by atoms with Crippen molar-refractivity contribution in [3.8, 4) is 28.5 Å². The van der Waals surface area contributed by atoms with Gasteiger partial charge in [-0.05, 0) is 25.1 Å². The van der Waals surface area contributed by atoms with Gasteiger partial charge in [-0.2, -0.15) is 10.2 Å². The highest BCUT2D eigenvalue weighted by Crippen LogP contribution is 2.29. The molecule has 0 aromatic carbocycles. The van der Waals surface area contributed by atoms with E-state index in [2.05, 4.69) is 35.2 Å². The second kappa shape index (κ2) is 6.82. The number of H-pyrrole nitrogens is 2. The molecule has 0 amide bonds. The van der Waals surface area contributed by atoms with Gasteiger partial charge in [0.25, 0.3) is 0 Å². The molecule has 6 aromatic rings. The van der Waals surface area contributed by atoms with Crippen LogP contribution in [0.3, 0.4) is 0 Å². The molecule has 0 bridgehead atoms. The van der Waals surface area contributed by atoms with E-state index in [1.807, 2.05) is 49.1 Å². The lowest BCUT2D eigenvalue weighted by molar-refractivity contribution is 0.276. The minimum absolute atomic E-state index is 0.167. The number of aryl methyl sites for hydroxylation is 2. The fraction of sp³-hybridized carbons (Fsp3) is 0.143. The summed E-state index contributed by atoms with van der Waals surface area (Å²) in [6.07, 6.45) is 7.26. The Bertz CT molecular complexity index is 1600. The first-order chi connectivity index (χ1) is 15.6. The third-order valence-corrected chi connectivity index (χ3v) is 5.32. The predicted octanol–water partition coefficient (Wildman–Crippen LogP) is 2.28. The van der Waals surface area contributed by atoms with Gasteiger partial charge in [0.05, 0.1) is 41.2 Å². The van der Waals surface area contributed by atoms with Gasteiger partial charge in [0, 0.05) is 31.2 Å². The number of pyridine rings is 2. The Hall–Kier alpha value is -4.38. The fourth-order valence-corrected chi connectivity index (χ4v) is 3.86. The van der Waals surface area contributed by atoms with Crippen molar-refractivity contribution in [2.24, 2.45) is 7.05 Å². The van der Waals surface area contributed by atoms with Crippen LogP contribution in [0.5, 0.6) is 0 Å². The van der Waals surface area contributed by atoms with E-state index in [1.165, 1.54) is 0 Å². The normalized spacial score (nSPS) is 11.7. The topological polar surface area (TPSA) is 139 Å². The Balaban J connectivity index is 1.51. The molecule has 0 aliphatic rings. The van der Waals surface area contributed by atoms with Crippen molar-refractivity contribution in [1.82, 2.24) is 49.5 Å². The van der Waals surface area contributed by atoms with E-state index >= 15 is 0 Å². The van der Waals surface area contributed by atoms with E-state index in [-0.39, 0.29) is 6.61 Å². The fourth-order valence-electron chi connectivity index (χ4n) is 3.86. The zero-order chi connectivity index (χ0) is 21.8. The molecule has 0 radical (unpaired) electrons. The average molecular weight is 426 g/mol. The van der Waals surface area contributed by atoms with Crippen LogP contribution >= 0.6 is 0 Å². The molecular formula is C21H18N10O. The van der Waals surface area contributed by atoms with Crippen LogP contribution in [-0.2, 0) is 13.7 Å². The molecule has 0 fully saturated rings. The summed E-state index contributed by atoms with van der Waals surface area (Å²) in [6, 6.07) is 5.69. The molecule has 0 atom stereocenters.